The number of amides is 1. The highest BCUT2D eigenvalue weighted by atomic mass is 32.2. The van der Waals surface area contributed by atoms with Crippen molar-refractivity contribution >= 4 is 33.4 Å². The molecular weight excluding hydrogens is 324 g/mol. The van der Waals surface area contributed by atoms with Crippen molar-refractivity contribution in [2.24, 2.45) is 5.73 Å². The second-order valence-electron chi connectivity index (χ2n) is 4.38. The van der Waals surface area contributed by atoms with Crippen molar-refractivity contribution in [3.8, 4) is 5.75 Å². The van der Waals surface area contributed by atoms with Crippen molar-refractivity contribution in [3.63, 3.8) is 0 Å². The standard InChI is InChI=1S/C14H14N2O4S2/c1-21-10-4-2-9(3-5-10)16-22(19,20)11-6-7-13(17)12(8-11)14(15)18/h2-8,16-17H,1H3,(H2,15,18). The molecule has 0 unspecified atom stereocenters. The van der Waals surface area contributed by atoms with Gasteiger partial charge in [-0.3, -0.25) is 9.52 Å². The fourth-order valence-electron chi connectivity index (χ4n) is 1.75. The Kier molecular flexibility index (Phi) is 4.62. The smallest absolute Gasteiger partial charge is 0.261 e. The molecule has 0 aliphatic heterocycles. The van der Waals surface area contributed by atoms with Gasteiger partial charge in [-0.1, -0.05) is 0 Å². The van der Waals surface area contributed by atoms with E-state index in [2.05, 4.69) is 4.72 Å². The molecule has 0 saturated carbocycles. The zero-order chi connectivity index (χ0) is 16.3. The predicted octanol–water partition coefficient (Wildman–Crippen LogP) is 2.01. The van der Waals surface area contributed by atoms with Gasteiger partial charge in [0.05, 0.1) is 10.5 Å². The molecule has 0 radical (unpaired) electrons. The first-order valence-corrected chi connectivity index (χ1v) is 8.84. The van der Waals surface area contributed by atoms with Gasteiger partial charge in [-0.2, -0.15) is 0 Å². The van der Waals surface area contributed by atoms with Crippen LogP contribution in [0.2, 0.25) is 0 Å². The van der Waals surface area contributed by atoms with Crippen LogP contribution in [0.15, 0.2) is 52.3 Å². The van der Waals surface area contributed by atoms with E-state index >= 15 is 0 Å². The Morgan fingerprint density at radius 3 is 2.36 bits per heavy atom. The Morgan fingerprint density at radius 1 is 1.18 bits per heavy atom. The zero-order valence-corrected chi connectivity index (χ0v) is 13.2. The molecule has 0 aliphatic rings. The molecule has 0 aromatic heterocycles. The number of hydrogen-bond donors (Lipinski definition) is 3. The highest BCUT2D eigenvalue weighted by molar-refractivity contribution is 7.98. The van der Waals surface area contributed by atoms with Crippen molar-refractivity contribution in [1.29, 1.82) is 0 Å². The van der Waals surface area contributed by atoms with Crippen LogP contribution in [-0.4, -0.2) is 25.7 Å². The molecule has 2 rings (SSSR count). The van der Waals surface area contributed by atoms with Crippen LogP contribution >= 0.6 is 11.8 Å². The molecule has 0 saturated heterocycles. The number of nitrogens with two attached hydrogens (primary N) is 1. The molecule has 0 fully saturated rings. The number of carbonyl (C=O) groups excluding carboxylic acids is 1. The van der Waals surface area contributed by atoms with Crippen molar-refractivity contribution < 1.29 is 18.3 Å². The molecule has 1 amide bonds. The molecule has 0 aliphatic carbocycles. The summed E-state index contributed by atoms with van der Waals surface area (Å²) in [6, 6.07) is 10.2. The summed E-state index contributed by atoms with van der Waals surface area (Å²) in [6.07, 6.45) is 1.92. The zero-order valence-electron chi connectivity index (χ0n) is 11.6. The molecular formula is C14H14N2O4S2. The molecule has 2 aromatic rings. The molecule has 0 bridgehead atoms. The lowest BCUT2D eigenvalue weighted by Crippen LogP contribution is -2.16. The summed E-state index contributed by atoms with van der Waals surface area (Å²) in [5.74, 6) is -1.27. The monoisotopic (exact) mass is 338 g/mol. The number of hydrogen-bond acceptors (Lipinski definition) is 5. The lowest BCUT2D eigenvalue weighted by Gasteiger charge is -2.10. The summed E-state index contributed by atoms with van der Waals surface area (Å²) in [5.41, 5.74) is 5.24. The molecule has 22 heavy (non-hydrogen) atoms. The average molecular weight is 338 g/mol. The van der Waals surface area contributed by atoms with Gasteiger partial charge in [0.2, 0.25) is 0 Å². The van der Waals surface area contributed by atoms with Crippen LogP contribution in [0.4, 0.5) is 5.69 Å². The van der Waals surface area contributed by atoms with Crippen LogP contribution in [-0.2, 0) is 10.0 Å². The van der Waals surface area contributed by atoms with E-state index in [-0.39, 0.29) is 16.2 Å². The minimum atomic E-state index is -3.88. The fraction of sp³-hybridized carbons (Fsp3) is 0.0714. The van der Waals surface area contributed by atoms with Gasteiger partial charge in [-0.05, 0) is 48.7 Å². The Labute approximate surface area is 132 Å². The number of sulfonamides is 1. The number of benzene rings is 2. The second kappa shape index (κ2) is 6.29. The van der Waals surface area contributed by atoms with Gasteiger partial charge in [0.1, 0.15) is 5.75 Å². The molecule has 8 heteroatoms. The van der Waals surface area contributed by atoms with E-state index in [0.29, 0.717) is 5.69 Å². The lowest BCUT2D eigenvalue weighted by atomic mass is 10.2. The summed E-state index contributed by atoms with van der Waals surface area (Å²) in [6.45, 7) is 0. The summed E-state index contributed by atoms with van der Waals surface area (Å²) in [4.78, 5) is 12.0. The number of aromatic hydroxyl groups is 1. The van der Waals surface area contributed by atoms with Crippen LogP contribution < -0.4 is 10.5 Å². The van der Waals surface area contributed by atoms with Gasteiger partial charge in [-0.25, -0.2) is 8.42 Å². The maximum Gasteiger partial charge on any atom is 0.261 e. The first kappa shape index (κ1) is 16.2. The molecule has 2 aromatic carbocycles. The van der Waals surface area contributed by atoms with E-state index in [1.807, 2.05) is 6.26 Å². The molecule has 4 N–H and O–H groups in total. The highest BCUT2D eigenvalue weighted by Crippen LogP contribution is 2.24. The summed E-state index contributed by atoms with van der Waals surface area (Å²) in [5, 5.41) is 9.50. The topological polar surface area (TPSA) is 109 Å². The number of thioether (sulfide) groups is 1. The first-order valence-electron chi connectivity index (χ1n) is 6.13. The normalized spacial score (nSPS) is 11.1. The van der Waals surface area contributed by atoms with Crippen molar-refractivity contribution in [2.45, 2.75) is 9.79 Å². The summed E-state index contributed by atoms with van der Waals surface area (Å²) in [7, 11) is -3.88. The Balaban J connectivity index is 2.33. The van der Waals surface area contributed by atoms with Crippen LogP contribution in [0.5, 0.6) is 5.75 Å². The van der Waals surface area contributed by atoms with E-state index in [1.54, 1.807) is 36.0 Å². The number of phenols is 1. The van der Waals surface area contributed by atoms with Gasteiger partial charge in [0, 0.05) is 10.6 Å². The number of anilines is 1. The summed E-state index contributed by atoms with van der Waals surface area (Å²) >= 11 is 1.54. The SMILES string of the molecule is CSc1ccc(NS(=O)(=O)c2ccc(O)c(C(N)=O)c2)cc1. The van der Waals surface area contributed by atoms with E-state index < -0.39 is 15.9 Å². The van der Waals surface area contributed by atoms with Crippen LogP contribution in [0.3, 0.4) is 0 Å². The van der Waals surface area contributed by atoms with Crippen LogP contribution in [0, 0.1) is 0 Å². The number of primary amides is 1. The Morgan fingerprint density at radius 2 is 1.82 bits per heavy atom. The van der Waals surface area contributed by atoms with Gasteiger partial charge in [0.15, 0.2) is 0 Å². The Bertz CT molecular complexity index is 802. The average Bonchev–Trinajstić information content (AvgIpc) is 2.47. The molecule has 0 atom stereocenters. The Hall–Kier alpha value is -2.19. The minimum Gasteiger partial charge on any atom is -0.507 e. The maximum atomic E-state index is 12.3. The molecule has 6 nitrogen and oxygen atoms in total. The number of nitrogens with one attached hydrogen (secondary N) is 1. The lowest BCUT2D eigenvalue weighted by molar-refractivity contribution is 0.0997. The largest absolute Gasteiger partial charge is 0.507 e. The van der Waals surface area contributed by atoms with Gasteiger partial charge < -0.3 is 10.8 Å². The molecule has 116 valence electrons. The predicted molar refractivity (Wildman–Crippen MR) is 85.7 cm³/mol. The second-order valence-corrected chi connectivity index (χ2v) is 6.94. The van der Waals surface area contributed by atoms with Crippen molar-refractivity contribution in [2.75, 3.05) is 11.0 Å². The van der Waals surface area contributed by atoms with E-state index in [0.717, 1.165) is 17.0 Å². The number of carbonyl (C=O) groups is 1. The first-order chi connectivity index (χ1) is 10.3. The van der Waals surface area contributed by atoms with E-state index in [4.69, 9.17) is 5.73 Å². The number of rotatable bonds is 5. The highest BCUT2D eigenvalue weighted by Gasteiger charge is 2.18. The van der Waals surface area contributed by atoms with Crippen LogP contribution in [0.1, 0.15) is 10.4 Å². The summed E-state index contributed by atoms with van der Waals surface area (Å²) < 4.78 is 27.0. The third kappa shape index (κ3) is 3.52. The fourth-order valence-corrected chi connectivity index (χ4v) is 3.25. The molecule has 0 heterocycles. The third-order valence-electron chi connectivity index (χ3n) is 2.89. The van der Waals surface area contributed by atoms with Gasteiger partial charge >= 0.3 is 0 Å². The maximum absolute atomic E-state index is 12.3. The van der Waals surface area contributed by atoms with E-state index in [1.165, 1.54) is 6.07 Å². The van der Waals surface area contributed by atoms with Gasteiger partial charge in [0.25, 0.3) is 15.9 Å². The van der Waals surface area contributed by atoms with E-state index in [9.17, 15) is 18.3 Å². The van der Waals surface area contributed by atoms with Gasteiger partial charge in [-0.15, -0.1) is 11.8 Å². The molecule has 0 spiro atoms. The third-order valence-corrected chi connectivity index (χ3v) is 5.01. The van der Waals surface area contributed by atoms with Crippen molar-refractivity contribution in [3.05, 3.63) is 48.0 Å². The minimum absolute atomic E-state index is 0.159. The van der Waals surface area contributed by atoms with Crippen LogP contribution in [0.25, 0.3) is 0 Å². The quantitative estimate of drug-likeness (QED) is 0.723. The van der Waals surface area contributed by atoms with Crippen molar-refractivity contribution in [1.82, 2.24) is 0 Å².